The summed E-state index contributed by atoms with van der Waals surface area (Å²) < 4.78 is 16.0. The summed E-state index contributed by atoms with van der Waals surface area (Å²) in [6, 6.07) is 10.6. The molecule has 3 aromatic rings. The van der Waals surface area contributed by atoms with Crippen LogP contribution >= 0.6 is 0 Å². The average Bonchev–Trinajstić information content (AvgIpc) is 3.14. The van der Waals surface area contributed by atoms with E-state index in [-0.39, 0.29) is 17.6 Å². The van der Waals surface area contributed by atoms with Crippen molar-refractivity contribution < 1.29 is 9.18 Å². The Hall–Kier alpha value is -2.73. The maximum absolute atomic E-state index is 14.0. The normalized spacial score (nSPS) is 16.3. The minimum atomic E-state index is -0.291. The van der Waals surface area contributed by atoms with Crippen LogP contribution in [0, 0.1) is 12.7 Å². The highest BCUT2D eigenvalue weighted by molar-refractivity contribution is 5.78. The van der Waals surface area contributed by atoms with Gasteiger partial charge in [0.1, 0.15) is 11.5 Å². The number of benzene rings is 1. The molecule has 1 amide bonds. The molecule has 1 aliphatic heterocycles. The number of hydrogen-bond acceptors (Lipinski definition) is 3. The molecule has 29 heavy (non-hydrogen) atoms. The Morgan fingerprint density at radius 3 is 2.69 bits per heavy atom. The molecule has 1 unspecified atom stereocenters. The van der Waals surface area contributed by atoms with Crippen molar-refractivity contribution in [3.8, 4) is 0 Å². The summed E-state index contributed by atoms with van der Waals surface area (Å²) in [7, 11) is 0. The standard InChI is InChI=1S/C23H27FN4O/c1-3-26-9-11-27(12-10-26)23(29)15-20(18-5-4-6-19(24)14-18)21-16-25-22-13-17(2)7-8-28(21)22/h4-8,13-14,16,20H,3,9-12,15H2,1-2H3. The summed E-state index contributed by atoms with van der Waals surface area (Å²) in [6.07, 6.45) is 4.09. The molecule has 1 aromatic carbocycles. The number of imidazole rings is 1. The van der Waals surface area contributed by atoms with Crippen LogP contribution in [0.5, 0.6) is 0 Å². The highest BCUT2D eigenvalue weighted by Gasteiger charge is 2.27. The summed E-state index contributed by atoms with van der Waals surface area (Å²) in [5.74, 6) is -0.432. The summed E-state index contributed by atoms with van der Waals surface area (Å²) in [5.41, 5.74) is 3.67. The van der Waals surface area contributed by atoms with Crippen LogP contribution < -0.4 is 0 Å². The fourth-order valence-corrected chi connectivity index (χ4v) is 4.09. The third-order valence-corrected chi connectivity index (χ3v) is 5.86. The number of pyridine rings is 1. The number of likely N-dealkylation sites (N-methyl/N-ethyl adjacent to an activating group) is 1. The van der Waals surface area contributed by atoms with E-state index in [9.17, 15) is 9.18 Å². The first kappa shape index (κ1) is 19.6. The summed E-state index contributed by atoms with van der Waals surface area (Å²) in [5, 5.41) is 0. The van der Waals surface area contributed by atoms with Crippen LogP contribution in [0.25, 0.3) is 5.65 Å². The van der Waals surface area contributed by atoms with Gasteiger partial charge in [-0.1, -0.05) is 19.1 Å². The molecule has 1 atom stereocenters. The minimum absolute atomic E-state index is 0.108. The Labute approximate surface area is 170 Å². The van der Waals surface area contributed by atoms with E-state index in [1.165, 1.54) is 12.1 Å². The second-order valence-electron chi connectivity index (χ2n) is 7.74. The lowest BCUT2D eigenvalue weighted by Crippen LogP contribution is -2.48. The van der Waals surface area contributed by atoms with E-state index in [0.717, 1.165) is 55.2 Å². The quantitative estimate of drug-likeness (QED) is 0.665. The van der Waals surface area contributed by atoms with Crippen LogP contribution in [0.4, 0.5) is 4.39 Å². The molecular weight excluding hydrogens is 367 g/mol. The van der Waals surface area contributed by atoms with Crippen molar-refractivity contribution in [1.82, 2.24) is 19.2 Å². The van der Waals surface area contributed by atoms with Crippen molar-refractivity contribution in [3.63, 3.8) is 0 Å². The summed E-state index contributed by atoms with van der Waals surface area (Å²) >= 11 is 0. The van der Waals surface area contributed by atoms with Crippen molar-refractivity contribution in [3.05, 3.63) is 71.4 Å². The molecule has 6 heteroatoms. The zero-order chi connectivity index (χ0) is 20.4. The van der Waals surface area contributed by atoms with Gasteiger partial charge in [0, 0.05) is 50.9 Å². The predicted molar refractivity (Wildman–Crippen MR) is 111 cm³/mol. The maximum atomic E-state index is 14.0. The Morgan fingerprint density at radius 1 is 1.17 bits per heavy atom. The topological polar surface area (TPSA) is 40.8 Å². The van der Waals surface area contributed by atoms with Crippen LogP contribution in [-0.2, 0) is 4.79 Å². The van der Waals surface area contributed by atoms with Gasteiger partial charge < -0.3 is 14.2 Å². The van der Waals surface area contributed by atoms with E-state index in [1.54, 1.807) is 6.07 Å². The molecule has 1 fully saturated rings. The van der Waals surface area contributed by atoms with E-state index >= 15 is 0 Å². The maximum Gasteiger partial charge on any atom is 0.223 e. The fourth-order valence-electron chi connectivity index (χ4n) is 4.09. The first-order chi connectivity index (χ1) is 14.0. The molecule has 0 N–H and O–H groups in total. The molecule has 5 nitrogen and oxygen atoms in total. The molecule has 0 saturated carbocycles. The predicted octanol–water partition coefficient (Wildman–Crippen LogP) is 3.47. The molecular formula is C23H27FN4O. The number of rotatable bonds is 5. The lowest BCUT2D eigenvalue weighted by molar-refractivity contribution is -0.133. The van der Waals surface area contributed by atoms with Gasteiger partial charge in [0.05, 0.1) is 5.69 Å². The van der Waals surface area contributed by atoms with Gasteiger partial charge in [0.15, 0.2) is 0 Å². The number of nitrogens with zero attached hydrogens (tertiary/aromatic N) is 4. The average molecular weight is 394 g/mol. The van der Waals surface area contributed by atoms with Crippen molar-refractivity contribution in [2.45, 2.75) is 26.2 Å². The van der Waals surface area contributed by atoms with Gasteiger partial charge in [-0.3, -0.25) is 4.79 Å². The Balaban J connectivity index is 1.65. The molecule has 152 valence electrons. The molecule has 1 saturated heterocycles. The number of aryl methyl sites for hydroxylation is 1. The number of carbonyl (C=O) groups is 1. The second kappa shape index (κ2) is 8.33. The molecule has 0 radical (unpaired) electrons. The molecule has 1 aliphatic rings. The van der Waals surface area contributed by atoms with Gasteiger partial charge in [0.25, 0.3) is 0 Å². The highest BCUT2D eigenvalue weighted by atomic mass is 19.1. The highest BCUT2D eigenvalue weighted by Crippen LogP contribution is 2.30. The molecule has 0 aliphatic carbocycles. The number of halogens is 1. The number of hydrogen-bond donors (Lipinski definition) is 0. The Kier molecular flexibility index (Phi) is 5.62. The number of amides is 1. The smallest absolute Gasteiger partial charge is 0.223 e. The van der Waals surface area contributed by atoms with Crippen LogP contribution in [0.2, 0.25) is 0 Å². The van der Waals surface area contributed by atoms with Gasteiger partial charge in [0.2, 0.25) is 5.91 Å². The molecule has 0 bridgehead atoms. The van der Waals surface area contributed by atoms with E-state index < -0.39 is 0 Å². The first-order valence-electron chi connectivity index (χ1n) is 10.2. The monoisotopic (exact) mass is 394 g/mol. The van der Waals surface area contributed by atoms with Crippen molar-refractivity contribution in [2.24, 2.45) is 0 Å². The summed E-state index contributed by atoms with van der Waals surface area (Å²) in [4.78, 5) is 21.9. The van der Waals surface area contributed by atoms with Gasteiger partial charge >= 0.3 is 0 Å². The van der Waals surface area contributed by atoms with Crippen LogP contribution in [-0.4, -0.2) is 57.8 Å². The van der Waals surface area contributed by atoms with Gasteiger partial charge in [-0.15, -0.1) is 0 Å². The van der Waals surface area contributed by atoms with Gasteiger partial charge in [-0.2, -0.15) is 0 Å². The van der Waals surface area contributed by atoms with Crippen LogP contribution in [0.1, 0.15) is 36.1 Å². The Morgan fingerprint density at radius 2 is 1.97 bits per heavy atom. The van der Waals surface area contributed by atoms with Crippen LogP contribution in [0.15, 0.2) is 48.8 Å². The molecule has 3 heterocycles. The SMILES string of the molecule is CCN1CCN(C(=O)CC(c2cccc(F)c2)c2cnc3cc(C)ccn23)CC1. The zero-order valence-electron chi connectivity index (χ0n) is 17.0. The molecule has 2 aromatic heterocycles. The van der Waals surface area contributed by atoms with Gasteiger partial charge in [-0.25, -0.2) is 9.37 Å². The van der Waals surface area contributed by atoms with Crippen molar-refractivity contribution in [1.29, 1.82) is 0 Å². The Bertz CT molecular complexity index is 1010. The third kappa shape index (κ3) is 4.17. The lowest BCUT2D eigenvalue weighted by Gasteiger charge is -2.34. The summed E-state index contributed by atoms with van der Waals surface area (Å²) in [6.45, 7) is 8.48. The number of carbonyl (C=O) groups excluding carboxylic acids is 1. The van der Waals surface area contributed by atoms with Crippen molar-refractivity contribution >= 4 is 11.6 Å². The fraction of sp³-hybridized carbons (Fsp3) is 0.391. The molecule has 4 rings (SSSR count). The van der Waals surface area contributed by atoms with Crippen molar-refractivity contribution in [2.75, 3.05) is 32.7 Å². The molecule has 0 spiro atoms. The van der Waals surface area contributed by atoms with Gasteiger partial charge in [-0.05, 0) is 48.9 Å². The van der Waals surface area contributed by atoms with E-state index in [4.69, 9.17) is 0 Å². The van der Waals surface area contributed by atoms with Crippen LogP contribution in [0.3, 0.4) is 0 Å². The number of aromatic nitrogens is 2. The van der Waals surface area contributed by atoms with E-state index in [0.29, 0.717) is 6.42 Å². The first-order valence-corrected chi connectivity index (χ1v) is 10.2. The minimum Gasteiger partial charge on any atom is -0.340 e. The van der Waals surface area contributed by atoms with E-state index in [1.807, 2.05) is 46.8 Å². The third-order valence-electron chi connectivity index (χ3n) is 5.86. The number of piperazine rings is 1. The lowest BCUT2D eigenvalue weighted by atomic mass is 9.92. The number of fused-ring (bicyclic) bond motifs is 1. The van der Waals surface area contributed by atoms with E-state index in [2.05, 4.69) is 16.8 Å². The second-order valence-corrected chi connectivity index (χ2v) is 7.74. The zero-order valence-corrected chi connectivity index (χ0v) is 17.0. The largest absolute Gasteiger partial charge is 0.340 e.